The van der Waals surface area contributed by atoms with Gasteiger partial charge in [0.25, 0.3) is 0 Å². The maximum atomic E-state index is 13.0. The molecule has 1 aromatic carbocycles. The summed E-state index contributed by atoms with van der Waals surface area (Å²) in [5.41, 5.74) is 7.23. The smallest absolute Gasteiger partial charge is 0.247 e. The molecule has 5 nitrogen and oxygen atoms in total. The van der Waals surface area contributed by atoms with Crippen LogP contribution < -0.4 is 10.5 Å². The summed E-state index contributed by atoms with van der Waals surface area (Å²) in [6, 6.07) is 3.40. The number of rotatable bonds is 5. The lowest BCUT2D eigenvalue weighted by Crippen LogP contribution is -2.34. The quantitative estimate of drug-likeness (QED) is 0.666. The molecule has 3 rings (SSSR count). The Morgan fingerprint density at radius 1 is 1.43 bits per heavy atom. The Kier molecular flexibility index (Phi) is 3.67. The minimum absolute atomic E-state index is 0.0775. The number of anilines is 1. The van der Waals surface area contributed by atoms with Gasteiger partial charge in [0.2, 0.25) is 10.0 Å². The number of benzene rings is 1. The van der Waals surface area contributed by atoms with Crippen LogP contribution in [0.5, 0.6) is 5.75 Å². The molecule has 2 aliphatic rings. The molecule has 1 aromatic rings. The highest BCUT2D eigenvalue weighted by Gasteiger charge is 2.39. The van der Waals surface area contributed by atoms with E-state index in [1.165, 1.54) is 10.4 Å². The molecule has 6 heteroatoms. The van der Waals surface area contributed by atoms with Crippen molar-refractivity contribution >= 4 is 15.7 Å². The van der Waals surface area contributed by atoms with Crippen molar-refractivity contribution < 1.29 is 13.2 Å². The van der Waals surface area contributed by atoms with Crippen LogP contribution >= 0.6 is 0 Å². The highest BCUT2D eigenvalue weighted by atomic mass is 32.2. The number of nitrogens with two attached hydrogens (primary N) is 1. The molecular formula is C15H20N2O3S. The van der Waals surface area contributed by atoms with E-state index in [1.807, 2.05) is 6.07 Å². The van der Waals surface area contributed by atoms with Crippen molar-refractivity contribution in [3.63, 3.8) is 0 Å². The van der Waals surface area contributed by atoms with Gasteiger partial charge in [-0.3, -0.25) is 0 Å². The molecule has 0 unspecified atom stereocenters. The summed E-state index contributed by atoms with van der Waals surface area (Å²) < 4.78 is 33.1. The van der Waals surface area contributed by atoms with Gasteiger partial charge in [-0.1, -0.05) is 6.08 Å². The zero-order chi connectivity index (χ0) is 15.0. The molecule has 1 aliphatic carbocycles. The van der Waals surface area contributed by atoms with E-state index in [0.717, 1.165) is 31.2 Å². The number of fused-ring (bicyclic) bond motifs is 1. The SMILES string of the molecule is C=CCN(C1CC1)S(=O)(=O)c1cc(N)cc2c1OCCC2. The maximum absolute atomic E-state index is 13.0. The first-order chi connectivity index (χ1) is 10.0. The highest BCUT2D eigenvalue weighted by molar-refractivity contribution is 7.89. The van der Waals surface area contributed by atoms with Crippen molar-refractivity contribution in [3.05, 3.63) is 30.4 Å². The Balaban J connectivity index is 2.09. The Morgan fingerprint density at radius 3 is 2.86 bits per heavy atom. The summed E-state index contributed by atoms with van der Waals surface area (Å²) in [6.07, 6.45) is 5.11. The maximum Gasteiger partial charge on any atom is 0.247 e. The minimum Gasteiger partial charge on any atom is -0.492 e. The molecule has 0 bridgehead atoms. The first-order valence-electron chi connectivity index (χ1n) is 7.22. The van der Waals surface area contributed by atoms with Gasteiger partial charge in [0.05, 0.1) is 6.61 Å². The third-order valence-corrected chi connectivity index (χ3v) is 5.76. The van der Waals surface area contributed by atoms with Crippen LogP contribution in [0.15, 0.2) is 29.7 Å². The molecule has 2 N–H and O–H groups in total. The molecule has 0 aromatic heterocycles. The van der Waals surface area contributed by atoms with Gasteiger partial charge in [0.1, 0.15) is 10.6 Å². The second-order valence-electron chi connectivity index (χ2n) is 5.55. The molecule has 0 radical (unpaired) electrons. The van der Waals surface area contributed by atoms with Gasteiger partial charge in [-0.2, -0.15) is 4.31 Å². The van der Waals surface area contributed by atoms with E-state index in [1.54, 1.807) is 6.08 Å². The van der Waals surface area contributed by atoms with E-state index in [9.17, 15) is 8.42 Å². The lowest BCUT2D eigenvalue weighted by atomic mass is 10.1. The summed E-state index contributed by atoms with van der Waals surface area (Å²) in [5.74, 6) is 0.477. The molecule has 1 saturated carbocycles. The second kappa shape index (κ2) is 5.35. The molecule has 1 heterocycles. The summed E-state index contributed by atoms with van der Waals surface area (Å²) >= 11 is 0. The molecular weight excluding hydrogens is 288 g/mol. The first-order valence-corrected chi connectivity index (χ1v) is 8.66. The zero-order valence-corrected chi connectivity index (χ0v) is 12.7. The number of nitrogens with zero attached hydrogens (tertiary/aromatic N) is 1. The van der Waals surface area contributed by atoms with Crippen LogP contribution in [0.3, 0.4) is 0 Å². The molecule has 21 heavy (non-hydrogen) atoms. The molecule has 0 spiro atoms. The Morgan fingerprint density at radius 2 is 2.19 bits per heavy atom. The molecule has 0 amide bonds. The number of hydrogen-bond acceptors (Lipinski definition) is 4. The molecule has 0 atom stereocenters. The van der Waals surface area contributed by atoms with Crippen LogP contribution in [-0.2, 0) is 16.4 Å². The highest BCUT2D eigenvalue weighted by Crippen LogP contribution is 2.39. The number of sulfonamides is 1. The fourth-order valence-corrected chi connectivity index (χ4v) is 4.59. The Labute approximate surface area is 125 Å². The van der Waals surface area contributed by atoms with Crippen molar-refractivity contribution in [1.29, 1.82) is 0 Å². The zero-order valence-electron chi connectivity index (χ0n) is 11.9. The summed E-state index contributed by atoms with van der Waals surface area (Å²) in [7, 11) is -3.61. The van der Waals surface area contributed by atoms with Crippen LogP contribution in [0, 0.1) is 0 Å². The van der Waals surface area contributed by atoms with E-state index in [4.69, 9.17) is 10.5 Å². The van der Waals surface area contributed by atoms with Gasteiger partial charge < -0.3 is 10.5 Å². The van der Waals surface area contributed by atoms with Crippen LogP contribution in [0.1, 0.15) is 24.8 Å². The monoisotopic (exact) mass is 308 g/mol. The second-order valence-corrected chi connectivity index (χ2v) is 7.41. The van der Waals surface area contributed by atoms with Gasteiger partial charge in [0.15, 0.2) is 0 Å². The van der Waals surface area contributed by atoms with Gasteiger partial charge in [-0.25, -0.2) is 8.42 Å². The van der Waals surface area contributed by atoms with E-state index in [0.29, 0.717) is 24.6 Å². The van der Waals surface area contributed by atoms with Gasteiger partial charge in [-0.15, -0.1) is 6.58 Å². The Bertz CT molecular complexity index is 666. The molecule has 1 aliphatic heterocycles. The van der Waals surface area contributed by atoms with Gasteiger partial charge >= 0.3 is 0 Å². The predicted octanol–water partition coefficient (Wildman–Crippen LogP) is 1.93. The van der Waals surface area contributed by atoms with Crippen molar-refractivity contribution in [3.8, 4) is 5.75 Å². The largest absolute Gasteiger partial charge is 0.492 e. The average Bonchev–Trinajstić information content (AvgIpc) is 3.28. The Hall–Kier alpha value is -1.53. The molecule has 0 saturated heterocycles. The van der Waals surface area contributed by atoms with E-state index in [2.05, 4.69) is 6.58 Å². The number of hydrogen-bond donors (Lipinski definition) is 1. The summed E-state index contributed by atoms with van der Waals surface area (Å²) in [5, 5.41) is 0. The van der Waals surface area contributed by atoms with Crippen molar-refractivity contribution in [2.24, 2.45) is 0 Å². The van der Waals surface area contributed by atoms with E-state index >= 15 is 0 Å². The average molecular weight is 308 g/mol. The standard InChI is InChI=1S/C15H20N2O3S/c1-2-7-17(13-5-6-13)21(18,19)14-10-12(16)9-11-4-3-8-20-15(11)14/h2,9-10,13H,1,3-8,16H2. The van der Waals surface area contributed by atoms with Gasteiger partial charge in [0, 0.05) is 18.3 Å². The normalized spacial score (nSPS) is 18.1. The van der Waals surface area contributed by atoms with Crippen LogP contribution in [-0.4, -0.2) is 31.9 Å². The number of aryl methyl sites for hydroxylation is 1. The number of ether oxygens (including phenoxy) is 1. The third-order valence-electron chi connectivity index (χ3n) is 3.84. The number of nitrogen functional groups attached to an aromatic ring is 1. The van der Waals surface area contributed by atoms with Crippen molar-refractivity contribution in [1.82, 2.24) is 4.31 Å². The fourth-order valence-electron chi connectivity index (χ4n) is 2.72. The lowest BCUT2D eigenvalue weighted by Gasteiger charge is -2.25. The van der Waals surface area contributed by atoms with Crippen LogP contribution in [0.25, 0.3) is 0 Å². The summed E-state index contributed by atoms with van der Waals surface area (Å²) in [4.78, 5) is 0.200. The third kappa shape index (κ3) is 2.65. The first kappa shape index (κ1) is 14.4. The van der Waals surface area contributed by atoms with Crippen molar-refractivity contribution in [2.45, 2.75) is 36.6 Å². The summed E-state index contributed by atoms with van der Waals surface area (Å²) in [6.45, 7) is 4.52. The lowest BCUT2D eigenvalue weighted by molar-refractivity contribution is 0.279. The molecule has 1 fully saturated rings. The fraction of sp³-hybridized carbons (Fsp3) is 0.467. The molecule has 114 valence electrons. The van der Waals surface area contributed by atoms with Crippen LogP contribution in [0.4, 0.5) is 5.69 Å². The van der Waals surface area contributed by atoms with E-state index < -0.39 is 10.0 Å². The predicted molar refractivity (Wildman–Crippen MR) is 81.8 cm³/mol. The van der Waals surface area contributed by atoms with Crippen LogP contribution in [0.2, 0.25) is 0 Å². The van der Waals surface area contributed by atoms with Crippen molar-refractivity contribution in [2.75, 3.05) is 18.9 Å². The topological polar surface area (TPSA) is 72.6 Å². The van der Waals surface area contributed by atoms with Gasteiger partial charge in [-0.05, 0) is 43.4 Å². The van der Waals surface area contributed by atoms with E-state index in [-0.39, 0.29) is 10.9 Å². The minimum atomic E-state index is -3.61.